The number of fused-ring (bicyclic) bond motifs is 2. The number of cyclic esters (lactones) is 1. The van der Waals surface area contributed by atoms with Crippen molar-refractivity contribution in [2.24, 2.45) is 11.8 Å². The number of hydrogen-bond donors (Lipinski definition) is 2. The Morgan fingerprint density at radius 2 is 1.71 bits per heavy atom. The van der Waals surface area contributed by atoms with Crippen LogP contribution in [0.15, 0.2) is 77.3 Å². The number of carbonyl (C=O) groups excluding carboxylic acids is 4. The maximum Gasteiger partial charge on any atom is 0.306 e. The van der Waals surface area contributed by atoms with Gasteiger partial charge in [0.25, 0.3) is 5.91 Å². The van der Waals surface area contributed by atoms with E-state index >= 15 is 4.79 Å². The Morgan fingerprint density at radius 3 is 2.41 bits per heavy atom. The molecule has 4 heterocycles. The molecule has 2 saturated heterocycles. The zero-order valence-corrected chi connectivity index (χ0v) is 30.8. The molecule has 0 saturated carbocycles. The highest BCUT2D eigenvalue weighted by atomic mass is 79.9. The zero-order chi connectivity index (χ0) is 36.1. The lowest BCUT2D eigenvalue weighted by atomic mass is 9.74. The molecule has 0 unspecified atom stereocenters. The minimum atomic E-state index is -1.39. The number of anilines is 2. The van der Waals surface area contributed by atoms with E-state index in [-0.39, 0.29) is 44.5 Å². The van der Waals surface area contributed by atoms with Gasteiger partial charge in [0.2, 0.25) is 11.8 Å². The smallest absolute Gasteiger partial charge is 0.306 e. The highest BCUT2D eigenvalue weighted by Crippen LogP contribution is 2.58. The minimum Gasteiger partial charge on any atom is -0.463 e. The van der Waals surface area contributed by atoms with E-state index < -0.39 is 47.5 Å². The molecule has 51 heavy (non-hydrogen) atoms. The van der Waals surface area contributed by atoms with E-state index in [9.17, 15) is 19.5 Å². The number of esters is 1. The Hall–Kier alpha value is -4.00. The van der Waals surface area contributed by atoms with Crippen LogP contribution in [0.25, 0.3) is 0 Å². The second-order valence-corrected chi connectivity index (χ2v) is 14.4. The van der Waals surface area contributed by atoms with E-state index in [0.717, 1.165) is 24.3 Å². The summed E-state index contributed by atoms with van der Waals surface area (Å²) < 4.78 is 13.0. The van der Waals surface area contributed by atoms with Gasteiger partial charge in [-0.25, -0.2) is 0 Å². The van der Waals surface area contributed by atoms with E-state index in [2.05, 4.69) is 40.0 Å². The number of hydrogen-bond acceptors (Lipinski definition) is 8. The fourth-order valence-corrected chi connectivity index (χ4v) is 8.67. The van der Waals surface area contributed by atoms with Crippen molar-refractivity contribution in [3.63, 3.8) is 0 Å². The van der Waals surface area contributed by atoms with Gasteiger partial charge in [-0.2, -0.15) is 0 Å². The lowest BCUT2D eigenvalue weighted by molar-refractivity contribution is -0.145. The number of allylic oxidation sites excluding steroid dienone is 1. The van der Waals surface area contributed by atoms with Crippen molar-refractivity contribution in [2.75, 3.05) is 49.2 Å². The Labute approximate surface area is 307 Å². The lowest BCUT2D eigenvalue weighted by Gasteiger charge is -2.36. The molecule has 272 valence electrons. The molecule has 2 fully saturated rings. The molecule has 0 aliphatic carbocycles. The summed E-state index contributed by atoms with van der Waals surface area (Å²) in [7, 11) is 0. The maximum atomic E-state index is 15.1. The third-order valence-corrected chi connectivity index (χ3v) is 11.2. The molecule has 6 atom stereocenters. The van der Waals surface area contributed by atoms with E-state index in [0.29, 0.717) is 35.9 Å². The summed E-state index contributed by atoms with van der Waals surface area (Å²) in [5.41, 5.74) is 1.05. The molecule has 0 aromatic heterocycles. The largest absolute Gasteiger partial charge is 0.463 e. The van der Waals surface area contributed by atoms with E-state index in [4.69, 9.17) is 9.47 Å². The SMILES string of the molecule is CCN(CC)c1ccc(N2C/C=C\CCC(=O)OC[C@H](c3ccccc3)NC(=O)[C@H]3[C@@H]4O[C@@]5(C=C4Br)[C@@H]3C(=O)N(CCCCCO)[C@@H]5C2=O)cc1. The highest BCUT2D eigenvalue weighted by molar-refractivity contribution is 9.11. The van der Waals surface area contributed by atoms with Crippen LogP contribution in [0.1, 0.15) is 57.6 Å². The first kappa shape index (κ1) is 36.8. The summed E-state index contributed by atoms with van der Waals surface area (Å²) in [5, 5.41) is 12.5. The van der Waals surface area contributed by atoms with Gasteiger partial charge in [-0.15, -0.1) is 0 Å². The van der Waals surface area contributed by atoms with Crippen molar-refractivity contribution >= 4 is 51.0 Å². The maximum absolute atomic E-state index is 15.1. The van der Waals surface area contributed by atoms with Gasteiger partial charge in [-0.3, -0.25) is 19.2 Å². The van der Waals surface area contributed by atoms with Gasteiger partial charge in [0.15, 0.2) is 0 Å². The van der Waals surface area contributed by atoms with Crippen LogP contribution in [0.2, 0.25) is 0 Å². The molecule has 5 bridgehead atoms. The van der Waals surface area contributed by atoms with Crippen molar-refractivity contribution < 1.29 is 33.8 Å². The third kappa shape index (κ3) is 7.23. The van der Waals surface area contributed by atoms with Crippen molar-refractivity contribution in [2.45, 2.75) is 69.7 Å². The standard InChI is InChI=1S/C39H47BrN4O7/c1-3-42(4-2)27-17-19-28(20-18-27)43-21-11-6-10-16-31(46)50-25-30(26-14-8-5-9-15-26)41-36(47)32-33-37(48)44(22-12-7-13-23-45)35(38(43)49)39(33)24-29(40)34(32)51-39/h5-6,8-9,11,14-15,17-20,24,30,32-35,45H,3-4,7,10,12-13,16,21-23,25H2,1-2H3,(H,41,47)/b11-6-/t30-,32-,33+,34-,35-,39+/m1/s1. The molecule has 2 aromatic carbocycles. The molecule has 6 rings (SSSR count). The number of aliphatic hydroxyl groups excluding tert-OH is 1. The molecule has 4 aliphatic rings. The quantitative estimate of drug-likeness (QED) is 0.204. The van der Waals surface area contributed by atoms with E-state index in [1.165, 1.54) is 0 Å². The average molecular weight is 764 g/mol. The molecule has 2 aromatic rings. The number of rotatable bonds is 10. The van der Waals surface area contributed by atoms with Crippen LogP contribution in [-0.4, -0.2) is 90.8 Å². The Morgan fingerprint density at radius 1 is 0.961 bits per heavy atom. The fraction of sp³-hybridized carbons (Fsp3) is 0.487. The van der Waals surface area contributed by atoms with Crippen LogP contribution in [-0.2, 0) is 28.7 Å². The normalized spacial score (nSPS) is 28.7. The topological polar surface area (TPSA) is 129 Å². The molecule has 12 heteroatoms. The van der Waals surface area contributed by atoms with Gasteiger partial charge >= 0.3 is 5.97 Å². The number of aliphatic hydroxyl groups is 1. The third-order valence-electron chi connectivity index (χ3n) is 10.5. The molecule has 3 amide bonds. The van der Waals surface area contributed by atoms with E-state index in [1.807, 2.05) is 72.8 Å². The van der Waals surface area contributed by atoms with Crippen LogP contribution in [0.4, 0.5) is 11.4 Å². The number of amides is 3. The number of carbonyl (C=O) groups is 4. The number of halogens is 1. The molecule has 0 radical (unpaired) electrons. The fourth-order valence-electron chi connectivity index (χ4n) is 7.93. The summed E-state index contributed by atoms with van der Waals surface area (Å²) in [4.78, 5) is 62.4. The van der Waals surface area contributed by atoms with E-state index in [1.54, 1.807) is 9.80 Å². The molecule has 4 aliphatic heterocycles. The van der Waals surface area contributed by atoms with Crippen molar-refractivity contribution in [1.29, 1.82) is 0 Å². The highest BCUT2D eigenvalue weighted by Gasteiger charge is 2.74. The molecule has 1 spiro atoms. The van der Waals surface area contributed by atoms with Crippen LogP contribution in [0.3, 0.4) is 0 Å². The van der Waals surface area contributed by atoms with Gasteiger partial charge in [0, 0.05) is 55.1 Å². The Kier molecular flexibility index (Phi) is 11.6. The summed E-state index contributed by atoms with van der Waals surface area (Å²) >= 11 is 3.64. The van der Waals surface area contributed by atoms with Crippen molar-refractivity contribution in [3.05, 3.63) is 82.9 Å². The number of likely N-dealkylation sites (tertiary alicyclic amines) is 1. The van der Waals surface area contributed by atoms with Gasteiger partial charge in [-0.05, 0) is 75.4 Å². The summed E-state index contributed by atoms with van der Waals surface area (Å²) in [6, 6.07) is 15.4. The summed E-state index contributed by atoms with van der Waals surface area (Å²) in [6.45, 7) is 6.28. The molecule has 2 N–H and O–H groups in total. The second-order valence-electron chi connectivity index (χ2n) is 13.4. The van der Waals surface area contributed by atoms with Crippen LogP contribution in [0.5, 0.6) is 0 Å². The van der Waals surface area contributed by atoms with Crippen LogP contribution >= 0.6 is 15.9 Å². The second kappa shape index (κ2) is 16.1. The van der Waals surface area contributed by atoms with Crippen LogP contribution < -0.4 is 15.1 Å². The predicted octanol–water partition coefficient (Wildman–Crippen LogP) is 4.65. The summed E-state index contributed by atoms with van der Waals surface area (Å²) in [5.74, 6) is -3.34. The Balaban J connectivity index is 1.42. The Bertz CT molecular complexity index is 1650. The number of benzene rings is 2. The van der Waals surface area contributed by atoms with Gasteiger partial charge in [0.05, 0.1) is 17.9 Å². The first-order valence-electron chi connectivity index (χ1n) is 18.0. The number of unbranched alkanes of at least 4 members (excludes halogenated alkanes) is 2. The van der Waals surface area contributed by atoms with Gasteiger partial charge in [-0.1, -0.05) is 58.4 Å². The number of nitrogens with one attached hydrogen (secondary N) is 1. The van der Waals surface area contributed by atoms with Crippen LogP contribution in [0, 0.1) is 11.8 Å². The van der Waals surface area contributed by atoms with Gasteiger partial charge in [0.1, 0.15) is 24.4 Å². The molecule has 11 nitrogen and oxygen atoms in total. The van der Waals surface area contributed by atoms with Crippen molar-refractivity contribution in [3.8, 4) is 0 Å². The number of ether oxygens (including phenoxy) is 2. The zero-order valence-electron chi connectivity index (χ0n) is 29.2. The average Bonchev–Trinajstić information content (AvgIpc) is 3.73. The monoisotopic (exact) mass is 762 g/mol. The first-order chi connectivity index (χ1) is 24.7. The molecular weight excluding hydrogens is 716 g/mol. The molecular formula is C39H47BrN4O7. The minimum absolute atomic E-state index is 0.0348. The summed E-state index contributed by atoms with van der Waals surface area (Å²) in [6.07, 6.45) is 7.12. The first-order valence-corrected chi connectivity index (χ1v) is 18.8. The predicted molar refractivity (Wildman–Crippen MR) is 197 cm³/mol. The van der Waals surface area contributed by atoms with Gasteiger partial charge < -0.3 is 34.6 Å². The lowest BCUT2D eigenvalue weighted by Crippen LogP contribution is -2.56. The number of nitrogens with zero attached hydrogens (tertiary/aromatic N) is 3. The van der Waals surface area contributed by atoms with Crippen molar-refractivity contribution in [1.82, 2.24) is 10.2 Å².